The van der Waals surface area contributed by atoms with Gasteiger partial charge in [-0.1, -0.05) is 15.9 Å². The van der Waals surface area contributed by atoms with Crippen molar-refractivity contribution in [2.24, 2.45) is 0 Å². The van der Waals surface area contributed by atoms with Gasteiger partial charge in [-0.15, -0.1) is 0 Å². The average Bonchev–Trinajstić information content (AvgIpc) is 2.48. The molecule has 6 heteroatoms. The lowest BCUT2D eigenvalue weighted by atomic mass is 10.0. The molecule has 2 aromatic carbocycles. The van der Waals surface area contributed by atoms with Crippen molar-refractivity contribution in [3.05, 3.63) is 57.6 Å². The van der Waals surface area contributed by atoms with Gasteiger partial charge < -0.3 is 9.47 Å². The summed E-state index contributed by atoms with van der Waals surface area (Å²) >= 11 is 3.15. The minimum Gasteiger partial charge on any atom is -0.493 e. The molecule has 2 rings (SSSR count). The highest BCUT2D eigenvalue weighted by Crippen LogP contribution is 2.31. The van der Waals surface area contributed by atoms with Gasteiger partial charge in [0.25, 0.3) is 0 Å². The van der Waals surface area contributed by atoms with E-state index in [9.17, 15) is 13.6 Å². The Kier molecular flexibility index (Phi) is 4.57. The third-order valence-electron chi connectivity index (χ3n) is 2.89. The average molecular weight is 357 g/mol. The zero-order valence-corrected chi connectivity index (χ0v) is 12.8. The van der Waals surface area contributed by atoms with Crippen molar-refractivity contribution in [3.8, 4) is 11.5 Å². The smallest absolute Gasteiger partial charge is 0.199 e. The fourth-order valence-corrected chi connectivity index (χ4v) is 2.21. The van der Waals surface area contributed by atoms with Crippen LogP contribution in [0.5, 0.6) is 11.5 Å². The van der Waals surface area contributed by atoms with Crippen molar-refractivity contribution in [1.82, 2.24) is 0 Å². The molecule has 110 valence electrons. The third-order valence-corrected chi connectivity index (χ3v) is 3.38. The van der Waals surface area contributed by atoms with E-state index in [0.717, 1.165) is 12.1 Å². The Hall–Kier alpha value is -1.95. The number of hydrogen-bond acceptors (Lipinski definition) is 3. The molecule has 0 unspecified atom stereocenters. The summed E-state index contributed by atoms with van der Waals surface area (Å²) in [5, 5.41) is 0. The predicted molar refractivity (Wildman–Crippen MR) is 77.0 cm³/mol. The molecule has 0 N–H and O–H groups in total. The quantitative estimate of drug-likeness (QED) is 0.777. The first-order chi connectivity index (χ1) is 9.97. The Labute approximate surface area is 128 Å². The molecule has 0 amide bonds. The summed E-state index contributed by atoms with van der Waals surface area (Å²) in [7, 11) is 2.72. The van der Waals surface area contributed by atoms with Gasteiger partial charge in [0.05, 0.1) is 25.3 Å². The Morgan fingerprint density at radius 1 is 0.952 bits per heavy atom. The molecule has 0 bridgehead atoms. The number of carbonyl (C=O) groups is 1. The Bertz CT molecular complexity index is 702. The Morgan fingerprint density at radius 3 is 2.14 bits per heavy atom. The van der Waals surface area contributed by atoms with E-state index in [1.807, 2.05) is 0 Å². The molecular weight excluding hydrogens is 346 g/mol. The topological polar surface area (TPSA) is 35.5 Å². The largest absolute Gasteiger partial charge is 0.493 e. The second kappa shape index (κ2) is 6.22. The maximum Gasteiger partial charge on any atom is 0.199 e. The molecule has 0 saturated carbocycles. The molecule has 0 atom stereocenters. The van der Waals surface area contributed by atoms with Crippen molar-refractivity contribution in [1.29, 1.82) is 0 Å². The summed E-state index contributed by atoms with van der Waals surface area (Å²) in [6.45, 7) is 0. The van der Waals surface area contributed by atoms with Gasteiger partial charge in [0.15, 0.2) is 17.3 Å². The van der Waals surface area contributed by atoms with Gasteiger partial charge in [-0.25, -0.2) is 8.78 Å². The minimum atomic E-state index is -0.808. The first kappa shape index (κ1) is 15.4. The number of carbonyl (C=O) groups excluding carboxylic acids is 1. The molecule has 0 aromatic heterocycles. The fourth-order valence-electron chi connectivity index (χ4n) is 1.84. The summed E-state index contributed by atoms with van der Waals surface area (Å²) < 4.78 is 38.3. The van der Waals surface area contributed by atoms with Crippen molar-refractivity contribution in [2.75, 3.05) is 14.2 Å². The zero-order chi connectivity index (χ0) is 15.6. The highest BCUT2D eigenvalue weighted by molar-refractivity contribution is 9.10. The number of ketones is 1. The SMILES string of the molecule is COc1cc(F)c(C(=O)c2cc(Br)ccc2F)cc1OC. The summed E-state index contributed by atoms with van der Waals surface area (Å²) in [6.07, 6.45) is 0. The molecule has 0 aliphatic carbocycles. The number of hydrogen-bond donors (Lipinski definition) is 0. The van der Waals surface area contributed by atoms with Gasteiger partial charge in [-0.3, -0.25) is 4.79 Å². The summed E-state index contributed by atoms with van der Waals surface area (Å²) in [5.74, 6) is -1.96. The lowest BCUT2D eigenvalue weighted by molar-refractivity contribution is 0.103. The van der Waals surface area contributed by atoms with Crippen LogP contribution in [0, 0.1) is 11.6 Å². The monoisotopic (exact) mass is 356 g/mol. The van der Waals surface area contributed by atoms with Gasteiger partial charge in [0, 0.05) is 10.5 Å². The van der Waals surface area contributed by atoms with Gasteiger partial charge in [0.1, 0.15) is 11.6 Å². The number of methoxy groups -OCH3 is 2. The standard InChI is InChI=1S/C15H11BrF2O3/c1-20-13-6-10(12(18)7-14(13)21-2)15(19)9-5-8(16)3-4-11(9)17/h3-7H,1-2H3. The fraction of sp³-hybridized carbons (Fsp3) is 0.133. The van der Waals surface area contributed by atoms with E-state index < -0.39 is 17.4 Å². The maximum atomic E-state index is 14.0. The second-order valence-corrected chi connectivity index (χ2v) is 5.06. The number of halogens is 3. The van der Waals surface area contributed by atoms with Gasteiger partial charge in [0.2, 0.25) is 0 Å². The summed E-state index contributed by atoms with van der Waals surface area (Å²) in [5.41, 5.74) is -0.514. The summed E-state index contributed by atoms with van der Waals surface area (Å²) in [4.78, 5) is 12.3. The number of benzene rings is 2. The van der Waals surface area contributed by atoms with Crippen LogP contribution in [0.2, 0.25) is 0 Å². The Balaban J connectivity index is 2.55. The van der Waals surface area contributed by atoms with E-state index in [4.69, 9.17) is 9.47 Å². The van der Waals surface area contributed by atoms with E-state index in [-0.39, 0.29) is 22.6 Å². The van der Waals surface area contributed by atoms with Crippen LogP contribution in [-0.4, -0.2) is 20.0 Å². The molecular formula is C15H11BrF2O3. The third kappa shape index (κ3) is 3.05. The summed E-state index contributed by atoms with van der Waals surface area (Å²) in [6, 6.07) is 6.11. The molecule has 2 aromatic rings. The molecule has 0 aliphatic heterocycles. The Morgan fingerprint density at radius 2 is 1.52 bits per heavy atom. The van der Waals surface area contributed by atoms with E-state index in [1.54, 1.807) is 0 Å². The molecule has 3 nitrogen and oxygen atoms in total. The van der Waals surface area contributed by atoms with Crippen molar-refractivity contribution < 1.29 is 23.0 Å². The van der Waals surface area contributed by atoms with Crippen LogP contribution in [-0.2, 0) is 0 Å². The first-order valence-corrected chi connectivity index (χ1v) is 6.68. The zero-order valence-electron chi connectivity index (χ0n) is 11.2. The van der Waals surface area contributed by atoms with E-state index >= 15 is 0 Å². The van der Waals surface area contributed by atoms with Crippen LogP contribution in [0.4, 0.5) is 8.78 Å². The highest BCUT2D eigenvalue weighted by atomic mass is 79.9. The molecule has 0 heterocycles. The van der Waals surface area contributed by atoms with Crippen molar-refractivity contribution in [3.63, 3.8) is 0 Å². The van der Waals surface area contributed by atoms with Crippen LogP contribution in [0.15, 0.2) is 34.8 Å². The van der Waals surface area contributed by atoms with Crippen LogP contribution in [0.25, 0.3) is 0 Å². The highest BCUT2D eigenvalue weighted by Gasteiger charge is 2.21. The molecule has 0 saturated heterocycles. The van der Waals surface area contributed by atoms with E-state index in [2.05, 4.69) is 15.9 Å². The molecule has 0 radical (unpaired) electrons. The minimum absolute atomic E-state index is 0.154. The van der Waals surface area contributed by atoms with Crippen LogP contribution >= 0.6 is 15.9 Å². The van der Waals surface area contributed by atoms with E-state index in [1.165, 1.54) is 32.4 Å². The van der Waals surface area contributed by atoms with Crippen LogP contribution < -0.4 is 9.47 Å². The molecule has 0 fully saturated rings. The van der Waals surface area contributed by atoms with Gasteiger partial charge in [-0.2, -0.15) is 0 Å². The van der Waals surface area contributed by atoms with Crippen molar-refractivity contribution in [2.45, 2.75) is 0 Å². The molecule has 0 aliphatic rings. The number of ether oxygens (including phenoxy) is 2. The van der Waals surface area contributed by atoms with Crippen molar-refractivity contribution >= 4 is 21.7 Å². The van der Waals surface area contributed by atoms with Crippen LogP contribution in [0.1, 0.15) is 15.9 Å². The van der Waals surface area contributed by atoms with Crippen LogP contribution in [0.3, 0.4) is 0 Å². The second-order valence-electron chi connectivity index (χ2n) is 4.14. The number of rotatable bonds is 4. The lowest BCUT2D eigenvalue weighted by Crippen LogP contribution is -2.08. The normalized spacial score (nSPS) is 10.3. The van der Waals surface area contributed by atoms with Gasteiger partial charge in [-0.05, 0) is 24.3 Å². The van der Waals surface area contributed by atoms with E-state index in [0.29, 0.717) is 4.47 Å². The lowest BCUT2D eigenvalue weighted by Gasteiger charge is -2.11. The van der Waals surface area contributed by atoms with Gasteiger partial charge >= 0.3 is 0 Å². The predicted octanol–water partition coefficient (Wildman–Crippen LogP) is 3.98. The first-order valence-electron chi connectivity index (χ1n) is 5.89. The molecule has 0 spiro atoms. The maximum absolute atomic E-state index is 14.0. The molecule has 21 heavy (non-hydrogen) atoms.